The standard InChI is InChI=1S/C12H13BF3N/c1-2-8-7-17(11(13)12(14,15)16)10-6-4-3-5-9(8)10/h3-6,8,11H,2,7H2,1H3. The summed E-state index contributed by atoms with van der Waals surface area (Å²) in [4.78, 5) is 1.25. The monoisotopic (exact) mass is 239 g/mol. The summed E-state index contributed by atoms with van der Waals surface area (Å²) in [5.41, 5.74) is 1.58. The number of fused-ring (bicyclic) bond motifs is 1. The number of halogens is 3. The maximum absolute atomic E-state index is 12.7. The largest absolute Gasteiger partial charge is 0.400 e. The van der Waals surface area contributed by atoms with Gasteiger partial charge in [0.15, 0.2) is 0 Å². The minimum atomic E-state index is -4.39. The minimum Gasteiger partial charge on any atom is -0.368 e. The second kappa shape index (κ2) is 4.28. The Morgan fingerprint density at radius 3 is 2.65 bits per heavy atom. The van der Waals surface area contributed by atoms with Crippen LogP contribution >= 0.6 is 0 Å². The van der Waals surface area contributed by atoms with Crippen LogP contribution in [0.3, 0.4) is 0 Å². The SMILES string of the molecule is [B]C(N1CC(CC)c2ccccc21)C(F)(F)F. The third-order valence-electron chi connectivity index (χ3n) is 3.27. The molecule has 0 saturated carbocycles. The minimum absolute atomic E-state index is 0.139. The van der Waals surface area contributed by atoms with Gasteiger partial charge in [0, 0.05) is 18.2 Å². The Morgan fingerprint density at radius 2 is 2.06 bits per heavy atom. The molecule has 1 aliphatic heterocycles. The van der Waals surface area contributed by atoms with Gasteiger partial charge in [0.25, 0.3) is 0 Å². The summed E-state index contributed by atoms with van der Waals surface area (Å²) in [7, 11) is 5.29. The Hall–Kier alpha value is -1.13. The van der Waals surface area contributed by atoms with E-state index in [1.54, 1.807) is 12.1 Å². The van der Waals surface area contributed by atoms with Crippen LogP contribution in [0, 0.1) is 0 Å². The van der Waals surface area contributed by atoms with E-state index in [4.69, 9.17) is 7.85 Å². The molecule has 2 unspecified atom stereocenters. The van der Waals surface area contributed by atoms with Gasteiger partial charge in [0.2, 0.25) is 0 Å². The number of para-hydroxylation sites is 1. The summed E-state index contributed by atoms with van der Waals surface area (Å²) >= 11 is 0. The molecule has 90 valence electrons. The molecule has 1 aliphatic rings. The van der Waals surface area contributed by atoms with Crippen LogP contribution in [-0.2, 0) is 0 Å². The van der Waals surface area contributed by atoms with Gasteiger partial charge in [0.1, 0.15) is 7.85 Å². The molecular formula is C12H13BF3N. The lowest BCUT2D eigenvalue weighted by Crippen LogP contribution is -2.45. The number of benzene rings is 1. The van der Waals surface area contributed by atoms with Crippen molar-refractivity contribution in [3.05, 3.63) is 29.8 Å². The second-order valence-electron chi connectivity index (χ2n) is 4.30. The van der Waals surface area contributed by atoms with Crippen LogP contribution in [0.25, 0.3) is 0 Å². The molecule has 0 N–H and O–H groups in total. The van der Waals surface area contributed by atoms with Crippen molar-refractivity contribution in [3.8, 4) is 0 Å². The van der Waals surface area contributed by atoms with Gasteiger partial charge in [-0.2, -0.15) is 13.2 Å². The second-order valence-corrected chi connectivity index (χ2v) is 4.30. The van der Waals surface area contributed by atoms with Gasteiger partial charge in [-0.1, -0.05) is 25.1 Å². The van der Waals surface area contributed by atoms with E-state index in [-0.39, 0.29) is 5.92 Å². The van der Waals surface area contributed by atoms with Crippen molar-refractivity contribution in [3.63, 3.8) is 0 Å². The van der Waals surface area contributed by atoms with Gasteiger partial charge in [-0.3, -0.25) is 0 Å². The third kappa shape index (κ3) is 2.15. The van der Waals surface area contributed by atoms with E-state index >= 15 is 0 Å². The smallest absolute Gasteiger partial charge is 0.368 e. The average molecular weight is 239 g/mol. The average Bonchev–Trinajstić information content (AvgIpc) is 2.65. The summed E-state index contributed by atoms with van der Waals surface area (Å²) in [5.74, 6) is -1.78. The van der Waals surface area contributed by atoms with Gasteiger partial charge >= 0.3 is 6.18 Å². The van der Waals surface area contributed by atoms with Crippen molar-refractivity contribution in [2.45, 2.75) is 31.4 Å². The van der Waals surface area contributed by atoms with Crippen LogP contribution in [0.5, 0.6) is 0 Å². The zero-order valence-corrected chi connectivity index (χ0v) is 9.54. The van der Waals surface area contributed by atoms with Crippen LogP contribution in [0.1, 0.15) is 24.8 Å². The van der Waals surface area contributed by atoms with Crippen LogP contribution in [0.4, 0.5) is 18.9 Å². The molecule has 17 heavy (non-hydrogen) atoms. The first-order chi connectivity index (χ1) is 7.95. The summed E-state index contributed by atoms with van der Waals surface area (Å²) < 4.78 is 38.0. The molecule has 2 radical (unpaired) electrons. The molecule has 0 bridgehead atoms. The highest BCUT2D eigenvalue weighted by molar-refractivity contribution is 6.14. The van der Waals surface area contributed by atoms with Crippen LogP contribution in [0.15, 0.2) is 24.3 Å². The van der Waals surface area contributed by atoms with Gasteiger partial charge < -0.3 is 4.90 Å². The van der Waals surface area contributed by atoms with Crippen LogP contribution in [0.2, 0.25) is 0 Å². The van der Waals surface area contributed by atoms with E-state index in [1.807, 2.05) is 19.1 Å². The highest BCUT2D eigenvalue weighted by Gasteiger charge is 2.43. The normalized spacial score (nSPS) is 21.4. The maximum Gasteiger partial charge on any atom is 0.400 e. The third-order valence-corrected chi connectivity index (χ3v) is 3.27. The summed E-state index contributed by atoms with van der Waals surface area (Å²) in [6.07, 6.45) is -3.58. The number of rotatable bonds is 2. The maximum atomic E-state index is 12.7. The quantitative estimate of drug-likeness (QED) is 0.717. The predicted octanol–water partition coefficient (Wildman–Crippen LogP) is 3.06. The fourth-order valence-corrected chi connectivity index (χ4v) is 2.32. The zero-order valence-electron chi connectivity index (χ0n) is 9.54. The molecule has 2 atom stereocenters. The van der Waals surface area contributed by atoms with Crippen molar-refractivity contribution < 1.29 is 13.2 Å². The van der Waals surface area contributed by atoms with Crippen molar-refractivity contribution in [1.82, 2.24) is 0 Å². The Kier molecular flexibility index (Phi) is 3.10. The molecule has 0 aliphatic carbocycles. The highest BCUT2D eigenvalue weighted by Crippen LogP contribution is 2.40. The fourth-order valence-electron chi connectivity index (χ4n) is 2.32. The van der Waals surface area contributed by atoms with Crippen LogP contribution < -0.4 is 4.90 Å². The number of anilines is 1. The Labute approximate surface area is 100 Å². The van der Waals surface area contributed by atoms with Gasteiger partial charge in [-0.05, 0) is 18.1 Å². The topological polar surface area (TPSA) is 3.24 Å². The van der Waals surface area contributed by atoms with Gasteiger partial charge in [-0.25, -0.2) is 0 Å². The van der Waals surface area contributed by atoms with Gasteiger partial charge in [-0.15, -0.1) is 0 Å². The number of alkyl halides is 3. The van der Waals surface area contributed by atoms with Gasteiger partial charge in [0.05, 0.1) is 5.94 Å². The molecule has 1 aromatic carbocycles. The predicted molar refractivity (Wildman–Crippen MR) is 62.4 cm³/mol. The zero-order chi connectivity index (χ0) is 12.6. The molecule has 0 spiro atoms. The Morgan fingerprint density at radius 1 is 1.41 bits per heavy atom. The van der Waals surface area contributed by atoms with E-state index < -0.39 is 12.1 Å². The van der Waals surface area contributed by atoms with E-state index in [9.17, 15) is 13.2 Å². The first-order valence-electron chi connectivity index (χ1n) is 5.63. The summed E-state index contributed by atoms with van der Waals surface area (Å²) in [6.45, 7) is 2.32. The molecule has 1 heterocycles. The lowest BCUT2D eigenvalue weighted by molar-refractivity contribution is -0.130. The first kappa shape index (κ1) is 12.3. The van der Waals surface area contributed by atoms with E-state index in [1.165, 1.54) is 4.90 Å². The van der Waals surface area contributed by atoms with Crippen molar-refractivity contribution in [2.75, 3.05) is 11.4 Å². The fraction of sp³-hybridized carbons (Fsp3) is 0.500. The molecule has 0 aromatic heterocycles. The van der Waals surface area contributed by atoms with Crippen molar-refractivity contribution >= 4 is 13.5 Å². The lowest BCUT2D eigenvalue weighted by atomic mass is 9.94. The molecule has 5 heteroatoms. The van der Waals surface area contributed by atoms with Crippen molar-refractivity contribution in [1.29, 1.82) is 0 Å². The Balaban J connectivity index is 2.34. The highest BCUT2D eigenvalue weighted by atomic mass is 19.4. The van der Waals surface area contributed by atoms with Crippen LogP contribution in [-0.4, -0.2) is 26.5 Å². The summed E-state index contributed by atoms with van der Waals surface area (Å²) in [5, 5.41) is 0. The molecule has 2 rings (SSSR count). The number of nitrogens with zero attached hydrogens (tertiary/aromatic N) is 1. The summed E-state index contributed by atoms with van der Waals surface area (Å²) in [6, 6.07) is 7.18. The van der Waals surface area contributed by atoms with E-state index in [2.05, 4.69) is 0 Å². The Bertz CT molecular complexity index is 405. The lowest BCUT2D eigenvalue weighted by Gasteiger charge is -2.30. The molecule has 0 saturated heterocycles. The molecular weight excluding hydrogens is 226 g/mol. The number of hydrogen-bond acceptors (Lipinski definition) is 1. The molecule has 0 fully saturated rings. The molecule has 0 amide bonds. The van der Waals surface area contributed by atoms with E-state index in [0.717, 1.165) is 12.0 Å². The molecule has 1 nitrogen and oxygen atoms in total. The van der Waals surface area contributed by atoms with E-state index in [0.29, 0.717) is 12.2 Å². The first-order valence-corrected chi connectivity index (χ1v) is 5.63. The van der Waals surface area contributed by atoms with Crippen molar-refractivity contribution in [2.24, 2.45) is 0 Å². The molecule has 1 aromatic rings. The number of hydrogen-bond donors (Lipinski definition) is 0.